The first-order chi connectivity index (χ1) is 7.81. The van der Waals surface area contributed by atoms with E-state index in [0.717, 1.165) is 12.8 Å². The Balaban J connectivity index is 0. The van der Waals surface area contributed by atoms with Gasteiger partial charge in [0.2, 0.25) is 0 Å². The molecule has 0 amide bonds. The highest BCUT2D eigenvalue weighted by molar-refractivity contribution is 5.86. The third-order valence-electron chi connectivity index (χ3n) is 1.37. The number of nitrogens with zero attached hydrogens (tertiary/aromatic N) is 1. The van der Waals surface area contributed by atoms with Crippen molar-refractivity contribution in [3.05, 3.63) is 25.0 Å². The molecule has 0 N–H and O–H groups in total. The van der Waals surface area contributed by atoms with Crippen molar-refractivity contribution in [2.24, 2.45) is 0 Å². The van der Waals surface area contributed by atoms with Crippen LogP contribution in [-0.4, -0.2) is 44.1 Å². The molecule has 0 radical (unpaired) electrons. The number of rotatable bonds is 5. The minimum Gasteiger partial charge on any atom is -0.461 e. The predicted molar refractivity (Wildman–Crippen MR) is 66.3 cm³/mol. The maximum atomic E-state index is 10.8. The van der Waals surface area contributed by atoms with Gasteiger partial charge in [0.05, 0.1) is 6.26 Å². The summed E-state index contributed by atoms with van der Waals surface area (Å²) in [6.45, 7) is 10.8. The Bertz CT molecular complexity index is 272. The molecule has 0 aliphatic carbocycles. The van der Waals surface area contributed by atoms with Gasteiger partial charge >= 0.3 is 11.9 Å². The minimum absolute atomic E-state index is 0.313. The number of ether oxygens (including phenoxy) is 2. The van der Waals surface area contributed by atoms with E-state index in [-0.39, 0.29) is 11.9 Å². The topological polar surface area (TPSA) is 55.8 Å². The van der Waals surface area contributed by atoms with E-state index in [9.17, 15) is 9.59 Å². The van der Waals surface area contributed by atoms with Crippen LogP contribution in [-0.2, 0) is 19.1 Å². The SMILES string of the molecule is C=C(C)C(=O)OCCN(C)C.C=COC(C)=O. The summed E-state index contributed by atoms with van der Waals surface area (Å²) >= 11 is 0. The Morgan fingerprint density at radius 2 is 1.82 bits per heavy atom. The van der Waals surface area contributed by atoms with E-state index in [4.69, 9.17) is 4.74 Å². The predicted octanol–water partition coefficient (Wildman–Crippen LogP) is 1.36. The van der Waals surface area contributed by atoms with Gasteiger partial charge in [-0.15, -0.1) is 0 Å². The highest BCUT2D eigenvalue weighted by Gasteiger charge is 2.01. The monoisotopic (exact) mass is 243 g/mol. The molecule has 0 aromatic rings. The number of esters is 2. The van der Waals surface area contributed by atoms with E-state index >= 15 is 0 Å². The van der Waals surface area contributed by atoms with Crippen LogP contribution in [0.5, 0.6) is 0 Å². The van der Waals surface area contributed by atoms with Crippen molar-refractivity contribution in [1.29, 1.82) is 0 Å². The molecule has 0 rings (SSSR count). The second kappa shape index (κ2) is 10.9. The lowest BCUT2D eigenvalue weighted by atomic mass is 10.4. The number of hydrogen-bond donors (Lipinski definition) is 0. The standard InChI is InChI=1S/C8H15NO2.C4H6O2/c1-7(2)8(10)11-6-5-9(3)4;1-3-6-4(2)5/h1,5-6H2,2-4H3;3H,1H2,2H3. The van der Waals surface area contributed by atoms with E-state index in [1.165, 1.54) is 6.92 Å². The van der Waals surface area contributed by atoms with Crippen LogP contribution in [0, 0.1) is 0 Å². The molecule has 0 aromatic heterocycles. The van der Waals surface area contributed by atoms with Crippen molar-refractivity contribution in [2.75, 3.05) is 27.2 Å². The first-order valence-corrected chi connectivity index (χ1v) is 5.06. The molecule has 0 saturated heterocycles. The molecule has 0 heterocycles. The van der Waals surface area contributed by atoms with Gasteiger partial charge in [-0.2, -0.15) is 0 Å². The van der Waals surface area contributed by atoms with Gasteiger partial charge in [-0.25, -0.2) is 4.79 Å². The summed E-state index contributed by atoms with van der Waals surface area (Å²) in [5.41, 5.74) is 0.448. The van der Waals surface area contributed by atoms with Crippen molar-refractivity contribution < 1.29 is 19.1 Å². The lowest BCUT2D eigenvalue weighted by Crippen LogP contribution is -2.20. The van der Waals surface area contributed by atoms with Crippen molar-refractivity contribution >= 4 is 11.9 Å². The first kappa shape index (κ1) is 17.8. The van der Waals surface area contributed by atoms with Crippen LogP contribution >= 0.6 is 0 Å². The molecule has 17 heavy (non-hydrogen) atoms. The Kier molecular flexibility index (Phi) is 11.4. The van der Waals surface area contributed by atoms with Crippen LogP contribution in [0.1, 0.15) is 13.8 Å². The Hall–Kier alpha value is -1.62. The van der Waals surface area contributed by atoms with Gasteiger partial charge in [0.15, 0.2) is 0 Å². The normalized spacial score (nSPS) is 8.76. The zero-order valence-corrected chi connectivity index (χ0v) is 11.0. The van der Waals surface area contributed by atoms with Gasteiger partial charge in [0, 0.05) is 19.0 Å². The highest BCUT2D eigenvalue weighted by Crippen LogP contribution is 1.91. The Morgan fingerprint density at radius 3 is 2.06 bits per heavy atom. The molecule has 0 saturated carbocycles. The molecule has 5 heteroatoms. The second-order valence-corrected chi connectivity index (χ2v) is 3.50. The average molecular weight is 243 g/mol. The molecule has 0 atom stereocenters. The van der Waals surface area contributed by atoms with Crippen molar-refractivity contribution in [3.8, 4) is 0 Å². The molecule has 5 nitrogen and oxygen atoms in total. The van der Waals surface area contributed by atoms with Gasteiger partial charge in [0.1, 0.15) is 6.61 Å². The van der Waals surface area contributed by atoms with Crippen LogP contribution in [0.25, 0.3) is 0 Å². The summed E-state index contributed by atoms with van der Waals surface area (Å²) in [4.78, 5) is 22.5. The van der Waals surface area contributed by atoms with Crippen LogP contribution in [0.2, 0.25) is 0 Å². The van der Waals surface area contributed by atoms with Crippen LogP contribution in [0.15, 0.2) is 25.0 Å². The fourth-order valence-corrected chi connectivity index (χ4v) is 0.561. The lowest BCUT2D eigenvalue weighted by Gasteiger charge is -2.09. The molecule has 0 aliphatic rings. The molecule has 98 valence electrons. The van der Waals surface area contributed by atoms with Crippen LogP contribution < -0.4 is 0 Å². The largest absolute Gasteiger partial charge is 0.461 e. The summed E-state index contributed by atoms with van der Waals surface area (Å²) in [5.74, 6) is -0.642. The summed E-state index contributed by atoms with van der Waals surface area (Å²) in [6, 6.07) is 0. The fraction of sp³-hybridized carbons (Fsp3) is 0.500. The van der Waals surface area contributed by atoms with Gasteiger partial charge in [-0.1, -0.05) is 13.2 Å². The quantitative estimate of drug-likeness (QED) is 0.414. The molecule has 0 spiro atoms. The average Bonchev–Trinajstić information content (AvgIpc) is 2.17. The van der Waals surface area contributed by atoms with Gasteiger partial charge < -0.3 is 14.4 Å². The lowest BCUT2D eigenvalue weighted by molar-refractivity contribution is -0.139. The number of likely N-dealkylation sites (N-methyl/N-ethyl adjacent to an activating group) is 1. The van der Waals surface area contributed by atoms with E-state index < -0.39 is 0 Å². The van der Waals surface area contributed by atoms with Crippen molar-refractivity contribution in [2.45, 2.75) is 13.8 Å². The Labute approximate surface area is 103 Å². The third kappa shape index (κ3) is 17.0. The smallest absolute Gasteiger partial charge is 0.333 e. The second-order valence-electron chi connectivity index (χ2n) is 3.50. The van der Waals surface area contributed by atoms with E-state index in [0.29, 0.717) is 12.2 Å². The molecular weight excluding hydrogens is 222 g/mol. The van der Waals surface area contributed by atoms with E-state index in [2.05, 4.69) is 17.9 Å². The number of carbonyl (C=O) groups is 2. The zero-order chi connectivity index (χ0) is 13.8. The van der Waals surface area contributed by atoms with Gasteiger partial charge in [0.25, 0.3) is 0 Å². The van der Waals surface area contributed by atoms with E-state index in [1.54, 1.807) is 6.92 Å². The van der Waals surface area contributed by atoms with Crippen LogP contribution in [0.4, 0.5) is 0 Å². The zero-order valence-electron chi connectivity index (χ0n) is 11.0. The first-order valence-electron chi connectivity index (χ1n) is 5.06. The molecule has 0 aromatic carbocycles. The van der Waals surface area contributed by atoms with E-state index in [1.807, 2.05) is 19.0 Å². The summed E-state index contributed by atoms with van der Waals surface area (Å²) in [5, 5.41) is 0. The van der Waals surface area contributed by atoms with Crippen molar-refractivity contribution in [1.82, 2.24) is 4.90 Å². The third-order valence-corrected chi connectivity index (χ3v) is 1.37. The number of carbonyl (C=O) groups excluding carboxylic acids is 2. The molecular formula is C12H21NO4. The minimum atomic E-state index is -0.329. The Morgan fingerprint density at radius 1 is 1.29 bits per heavy atom. The maximum Gasteiger partial charge on any atom is 0.333 e. The van der Waals surface area contributed by atoms with Crippen molar-refractivity contribution in [3.63, 3.8) is 0 Å². The number of hydrogen-bond acceptors (Lipinski definition) is 5. The maximum absolute atomic E-state index is 10.8. The molecule has 0 unspecified atom stereocenters. The highest BCUT2D eigenvalue weighted by atomic mass is 16.5. The molecule has 0 aliphatic heterocycles. The van der Waals surface area contributed by atoms with Gasteiger partial charge in [-0.05, 0) is 21.0 Å². The molecule has 0 fully saturated rings. The molecule has 0 bridgehead atoms. The summed E-state index contributed by atoms with van der Waals surface area (Å²) < 4.78 is 9.00. The van der Waals surface area contributed by atoms with Gasteiger partial charge in [-0.3, -0.25) is 4.79 Å². The summed E-state index contributed by atoms with van der Waals surface area (Å²) in [7, 11) is 3.85. The fourth-order valence-electron chi connectivity index (χ4n) is 0.561. The van der Waals surface area contributed by atoms with Crippen LogP contribution in [0.3, 0.4) is 0 Å². The summed E-state index contributed by atoms with van der Waals surface area (Å²) in [6.07, 6.45) is 1.10.